The Labute approximate surface area is 170 Å². The van der Waals surface area contributed by atoms with E-state index in [0.717, 1.165) is 5.56 Å². The number of hydrogen-bond donors (Lipinski definition) is 0. The van der Waals surface area contributed by atoms with Crippen molar-refractivity contribution >= 4 is 15.9 Å². The summed E-state index contributed by atoms with van der Waals surface area (Å²) in [6.45, 7) is 4.91. The fraction of sp³-hybridized carbons (Fsp3) is 0.500. The summed E-state index contributed by atoms with van der Waals surface area (Å²) in [4.78, 5) is 14.5. The van der Waals surface area contributed by atoms with E-state index in [1.165, 1.54) is 4.31 Å². The van der Waals surface area contributed by atoms with Crippen LogP contribution in [0.5, 0.6) is 0 Å². The van der Waals surface area contributed by atoms with Gasteiger partial charge in [-0.25, -0.2) is 8.42 Å². The summed E-state index contributed by atoms with van der Waals surface area (Å²) < 4.78 is 37.8. The molecule has 3 heterocycles. The standard InChI is InChI=1S/C20H25N3O5S/c1-15-2-4-17(5-3-15)29(25,26)23-8-6-16(7-9-23)18-14-19(28-21-18)20(24)22-10-12-27-13-11-22/h2-5,14,16H,6-13H2,1H3. The number of rotatable bonds is 4. The summed E-state index contributed by atoms with van der Waals surface area (Å²) in [6, 6.07) is 8.62. The number of ether oxygens (including phenoxy) is 1. The van der Waals surface area contributed by atoms with Crippen LogP contribution in [-0.2, 0) is 14.8 Å². The summed E-state index contributed by atoms with van der Waals surface area (Å²) in [5.41, 5.74) is 1.74. The molecule has 2 aliphatic heterocycles. The molecule has 29 heavy (non-hydrogen) atoms. The van der Waals surface area contributed by atoms with Gasteiger partial charge in [0.25, 0.3) is 5.91 Å². The minimum Gasteiger partial charge on any atom is -0.378 e. The number of aryl methyl sites for hydroxylation is 1. The number of hydrogen-bond acceptors (Lipinski definition) is 6. The van der Waals surface area contributed by atoms with Crippen LogP contribution in [0.3, 0.4) is 0 Å². The fourth-order valence-corrected chi connectivity index (χ4v) is 5.23. The molecule has 0 unspecified atom stereocenters. The first-order chi connectivity index (χ1) is 13.9. The predicted octanol–water partition coefficient (Wildman–Crippen LogP) is 2.02. The number of carbonyl (C=O) groups is 1. The van der Waals surface area contributed by atoms with Crippen LogP contribution in [0.2, 0.25) is 0 Å². The van der Waals surface area contributed by atoms with Gasteiger partial charge in [-0.3, -0.25) is 4.79 Å². The molecule has 2 aliphatic rings. The molecule has 4 rings (SSSR count). The van der Waals surface area contributed by atoms with E-state index in [1.807, 2.05) is 19.1 Å². The fourth-order valence-electron chi connectivity index (χ4n) is 3.76. The highest BCUT2D eigenvalue weighted by molar-refractivity contribution is 7.89. The monoisotopic (exact) mass is 419 g/mol. The smallest absolute Gasteiger partial charge is 0.292 e. The zero-order valence-electron chi connectivity index (χ0n) is 16.4. The third-order valence-corrected chi connectivity index (χ3v) is 7.48. The van der Waals surface area contributed by atoms with Gasteiger partial charge in [-0.1, -0.05) is 22.9 Å². The summed E-state index contributed by atoms with van der Waals surface area (Å²) in [7, 11) is -3.49. The van der Waals surface area contributed by atoms with Crippen LogP contribution in [0.4, 0.5) is 0 Å². The highest BCUT2D eigenvalue weighted by atomic mass is 32.2. The Morgan fingerprint density at radius 3 is 2.38 bits per heavy atom. The lowest BCUT2D eigenvalue weighted by Gasteiger charge is -2.30. The number of nitrogens with zero attached hydrogens (tertiary/aromatic N) is 3. The van der Waals surface area contributed by atoms with Crippen LogP contribution in [0.1, 0.15) is 40.6 Å². The van der Waals surface area contributed by atoms with Gasteiger partial charge in [0, 0.05) is 38.2 Å². The van der Waals surface area contributed by atoms with Gasteiger partial charge in [0.05, 0.1) is 23.8 Å². The third-order valence-electron chi connectivity index (χ3n) is 5.57. The molecule has 1 aromatic carbocycles. The Balaban J connectivity index is 1.39. The molecule has 0 N–H and O–H groups in total. The minimum atomic E-state index is -3.49. The molecule has 0 bridgehead atoms. The Bertz CT molecular complexity index is 956. The van der Waals surface area contributed by atoms with Gasteiger partial charge in [-0.05, 0) is 31.9 Å². The summed E-state index contributed by atoms with van der Waals surface area (Å²) in [5, 5.41) is 4.09. The molecule has 8 nitrogen and oxygen atoms in total. The quantitative estimate of drug-likeness (QED) is 0.753. The second kappa shape index (κ2) is 8.25. The second-order valence-corrected chi connectivity index (χ2v) is 9.45. The van der Waals surface area contributed by atoms with Crippen molar-refractivity contribution in [2.24, 2.45) is 0 Å². The van der Waals surface area contributed by atoms with Crippen LogP contribution in [0, 0.1) is 6.92 Å². The molecule has 0 spiro atoms. The molecule has 2 aromatic rings. The number of carbonyl (C=O) groups excluding carboxylic acids is 1. The van der Waals surface area contributed by atoms with Crippen LogP contribution in [0.25, 0.3) is 0 Å². The number of piperidine rings is 1. The number of sulfonamides is 1. The molecule has 0 saturated carbocycles. The van der Waals surface area contributed by atoms with E-state index in [1.54, 1.807) is 23.1 Å². The van der Waals surface area contributed by atoms with Crippen LogP contribution in [0.15, 0.2) is 39.8 Å². The number of aromatic nitrogens is 1. The van der Waals surface area contributed by atoms with Gasteiger partial charge in [0.2, 0.25) is 15.8 Å². The normalized spacial score (nSPS) is 19.4. The molecule has 2 fully saturated rings. The maximum Gasteiger partial charge on any atom is 0.292 e. The highest BCUT2D eigenvalue weighted by Gasteiger charge is 2.32. The van der Waals surface area contributed by atoms with E-state index in [-0.39, 0.29) is 17.6 Å². The largest absolute Gasteiger partial charge is 0.378 e. The van der Waals surface area contributed by atoms with Crippen molar-refractivity contribution in [3.8, 4) is 0 Å². The topological polar surface area (TPSA) is 93.0 Å². The molecule has 0 radical (unpaired) electrons. The number of amides is 1. The van der Waals surface area contributed by atoms with Gasteiger partial charge in [0.15, 0.2) is 0 Å². The lowest BCUT2D eigenvalue weighted by atomic mass is 9.94. The maximum absolute atomic E-state index is 12.8. The highest BCUT2D eigenvalue weighted by Crippen LogP contribution is 2.30. The van der Waals surface area contributed by atoms with Crippen molar-refractivity contribution in [3.05, 3.63) is 47.3 Å². The lowest BCUT2D eigenvalue weighted by Crippen LogP contribution is -2.40. The summed E-state index contributed by atoms with van der Waals surface area (Å²) >= 11 is 0. The van der Waals surface area contributed by atoms with Crippen LogP contribution < -0.4 is 0 Å². The first-order valence-electron chi connectivity index (χ1n) is 9.85. The molecule has 1 aromatic heterocycles. The molecule has 156 valence electrons. The Morgan fingerprint density at radius 2 is 1.72 bits per heavy atom. The van der Waals surface area contributed by atoms with E-state index >= 15 is 0 Å². The maximum atomic E-state index is 12.8. The average Bonchev–Trinajstić information content (AvgIpc) is 3.24. The van der Waals surface area contributed by atoms with E-state index in [2.05, 4.69) is 5.16 Å². The van der Waals surface area contributed by atoms with Gasteiger partial charge >= 0.3 is 0 Å². The molecule has 1 amide bonds. The zero-order valence-corrected chi connectivity index (χ0v) is 17.2. The van der Waals surface area contributed by atoms with Crippen molar-refractivity contribution in [1.82, 2.24) is 14.4 Å². The van der Waals surface area contributed by atoms with E-state index in [9.17, 15) is 13.2 Å². The Kier molecular flexibility index (Phi) is 5.71. The van der Waals surface area contributed by atoms with Gasteiger partial charge < -0.3 is 14.2 Å². The summed E-state index contributed by atoms with van der Waals surface area (Å²) in [5.74, 6) is 0.137. The van der Waals surface area contributed by atoms with E-state index in [4.69, 9.17) is 9.26 Å². The third kappa shape index (κ3) is 4.22. The molecule has 9 heteroatoms. The Morgan fingerprint density at radius 1 is 1.07 bits per heavy atom. The van der Waals surface area contributed by atoms with Crippen LogP contribution >= 0.6 is 0 Å². The van der Waals surface area contributed by atoms with Crippen molar-refractivity contribution < 1.29 is 22.5 Å². The molecule has 0 atom stereocenters. The zero-order chi connectivity index (χ0) is 20.4. The molecular formula is C20H25N3O5S. The first kappa shape index (κ1) is 20.1. The number of benzene rings is 1. The van der Waals surface area contributed by atoms with Crippen LogP contribution in [-0.4, -0.2) is 68.1 Å². The van der Waals surface area contributed by atoms with E-state index < -0.39 is 10.0 Å². The number of morpholine rings is 1. The molecule has 2 saturated heterocycles. The Hall–Kier alpha value is -2.23. The van der Waals surface area contributed by atoms with Crippen molar-refractivity contribution in [2.45, 2.75) is 30.6 Å². The second-order valence-electron chi connectivity index (χ2n) is 7.51. The van der Waals surface area contributed by atoms with Crippen molar-refractivity contribution in [2.75, 3.05) is 39.4 Å². The van der Waals surface area contributed by atoms with E-state index in [0.29, 0.717) is 62.8 Å². The van der Waals surface area contributed by atoms with Gasteiger partial charge in [-0.2, -0.15) is 4.31 Å². The summed E-state index contributed by atoms with van der Waals surface area (Å²) in [6.07, 6.45) is 1.28. The SMILES string of the molecule is Cc1ccc(S(=O)(=O)N2CCC(c3cc(C(=O)N4CCOCC4)on3)CC2)cc1. The average molecular weight is 420 g/mol. The minimum absolute atomic E-state index is 0.0782. The first-order valence-corrected chi connectivity index (χ1v) is 11.3. The molecule has 0 aliphatic carbocycles. The van der Waals surface area contributed by atoms with Crippen molar-refractivity contribution in [1.29, 1.82) is 0 Å². The molecular weight excluding hydrogens is 394 g/mol. The van der Waals surface area contributed by atoms with Crippen molar-refractivity contribution in [3.63, 3.8) is 0 Å². The van der Waals surface area contributed by atoms with Gasteiger partial charge in [-0.15, -0.1) is 0 Å². The predicted molar refractivity (Wildman–Crippen MR) is 105 cm³/mol. The lowest BCUT2D eigenvalue weighted by molar-refractivity contribution is 0.0277. The van der Waals surface area contributed by atoms with Gasteiger partial charge in [0.1, 0.15) is 0 Å².